The number of nitrogens with two attached hydrogens (primary N) is 1. The molecule has 0 heterocycles. The first-order valence-corrected chi connectivity index (χ1v) is 9.25. The van der Waals surface area contributed by atoms with Crippen molar-refractivity contribution in [2.24, 2.45) is 15.9 Å². The van der Waals surface area contributed by atoms with Gasteiger partial charge in [0.05, 0.1) is 0 Å². The quantitative estimate of drug-likeness (QED) is 0.386. The summed E-state index contributed by atoms with van der Waals surface area (Å²) in [5, 5.41) is 0. The molecular weight excluding hydrogens is 379 g/mol. The summed E-state index contributed by atoms with van der Waals surface area (Å²) in [5.74, 6) is 0.533. The molecule has 0 aliphatic carbocycles. The monoisotopic (exact) mass is 407 g/mol. The van der Waals surface area contributed by atoms with E-state index in [1.54, 1.807) is 13.3 Å². The van der Waals surface area contributed by atoms with Crippen molar-refractivity contribution in [1.29, 1.82) is 0 Å². The van der Waals surface area contributed by atoms with Gasteiger partial charge in [-0.2, -0.15) is 0 Å². The summed E-state index contributed by atoms with van der Waals surface area (Å²) in [7, 11) is 1.59. The molecule has 4 nitrogen and oxygen atoms in total. The molecule has 7 heteroatoms. The van der Waals surface area contributed by atoms with Crippen LogP contribution in [-0.4, -0.2) is 25.5 Å². The molecule has 0 amide bonds. The normalized spacial score (nSPS) is 13.0. The van der Waals surface area contributed by atoms with Gasteiger partial charge in [0.25, 0.3) is 0 Å². The Hall–Kier alpha value is -2.83. The second-order valence-corrected chi connectivity index (χ2v) is 6.64. The minimum atomic E-state index is -4.68. The number of amidine groups is 1. The summed E-state index contributed by atoms with van der Waals surface area (Å²) in [6, 6.07) is 11.5. The first-order chi connectivity index (χ1) is 13.6. The second-order valence-electron chi connectivity index (χ2n) is 6.64. The summed E-state index contributed by atoms with van der Waals surface area (Å²) in [6.45, 7) is 8.15. The molecule has 2 aromatic carbocycles. The number of nitrogens with zero attached hydrogens (tertiary/aromatic N) is 2. The Morgan fingerprint density at radius 3 is 2.21 bits per heavy atom. The van der Waals surface area contributed by atoms with Crippen LogP contribution in [0.2, 0.25) is 0 Å². The van der Waals surface area contributed by atoms with E-state index in [1.807, 2.05) is 32.9 Å². The van der Waals surface area contributed by atoms with E-state index in [0.717, 1.165) is 17.7 Å². The third-order valence-corrected chi connectivity index (χ3v) is 4.08. The molecular formula is C22H28F3N3O. The maximum absolute atomic E-state index is 12.0. The highest BCUT2D eigenvalue weighted by Crippen LogP contribution is 2.23. The lowest BCUT2D eigenvalue weighted by Crippen LogP contribution is -2.17. The third kappa shape index (κ3) is 9.27. The number of nitrogen functional groups attached to an aromatic ring is 1. The van der Waals surface area contributed by atoms with Crippen molar-refractivity contribution in [2.45, 2.75) is 40.5 Å². The summed E-state index contributed by atoms with van der Waals surface area (Å²) in [5.41, 5.74) is 9.53. The molecule has 2 rings (SSSR count). The molecule has 0 aromatic heterocycles. The van der Waals surface area contributed by atoms with Crippen LogP contribution in [0.25, 0.3) is 0 Å². The Labute approximate surface area is 170 Å². The summed E-state index contributed by atoms with van der Waals surface area (Å²) < 4.78 is 39.9. The fraction of sp³-hybridized carbons (Fsp3) is 0.364. The zero-order valence-electron chi connectivity index (χ0n) is 17.4. The van der Waals surface area contributed by atoms with E-state index in [1.165, 1.54) is 29.8 Å². The second kappa shape index (κ2) is 11.2. The van der Waals surface area contributed by atoms with Gasteiger partial charge in [0.2, 0.25) is 0 Å². The van der Waals surface area contributed by atoms with Gasteiger partial charge < -0.3 is 10.5 Å². The zero-order valence-corrected chi connectivity index (χ0v) is 17.4. The van der Waals surface area contributed by atoms with Crippen molar-refractivity contribution in [3.8, 4) is 5.75 Å². The van der Waals surface area contributed by atoms with Crippen LogP contribution in [-0.2, 0) is 0 Å². The zero-order chi connectivity index (χ0) is 22.0. The molecule has 1 atom stereocenters. The minimum Gasteiger partial charge on any atom is -0.406 e. The van der Waals surface area contributed by atoms with E-state index in [2.05, 4.69) is 27.7 Å². The Balaban J connectivity index is 0.000000387. The van der Waals surface area contributed by atoms with E-state index in [-0.39, 0.29) is 5.75 Å². The predicted molar refractivity (Wildman–Crippen MR) is 114 cm³/mol. The number of ether oxygens (including phenoxy) is 1. The van der Waals surface area contributed by atoms with Crippen LogP contribution in [0.1, 0.15) is 37.0 Å². The molecule has 0 radical (unpaired) electrons. The van der Waals surface area contributed by atoms with Crippen molar-refractivity contribution in [1.82, 2.24) is 0 Å². The number of hydrogen-bond donors (Lipinski definition) is 1. The number of rotatable bonds is 4. The van der Waals surface area contributed by atoms with Gasteiger partial charge in [0, 0.05) is 24.5 Å². The van der Waals surface area contributed by atoms with Crippen LogP contribution >= 0.6 is 0 Å². The Morgan fingerprint density at radius 2 is 1.76 bits per heavy atom. The number of aliphatic imine (C=N–C) groups is 2. The van der Waals surface area contributed by atoms with E-state index in [0.29, 0.717) is 17.3 Å². The lowest BCUT2D eigenvalue weighted by Gasteiger charge is -2.09. The molecule has 0 bridgehead atoms. The van der Waals surface area contributed by atoms with Gasteiger partial charge in [-0.05, 0) is 62.1 Å². The molecule has 1 unspecified atom stereocenters. The number of halogens is 3. The van der Waals surface area contributed by atoms with Crippen molar-refractivity contribution in [3.63, 3.8) is 0 Å². The van der Waals surface area contributed by atoms with Gasteiger partial charge in [-0.25, -0.2) is 4.99 Å². The first kappa shape index (κ1) is 24.2. The van der Waals surface area contributed by atoms with Crippen LogP contribution in [0.3, 0.4) is 0 Å². The molecule has 0 saturated heterocycles. The maximum atomic E-state index is 12.0. The van der Waals surface area contributed by atoms with Crippen molar-refractivity contribution >= 4 is 17.7 Å². The molecule has 0 fully saturated rings. The van der Waals surface area contributed by atoms with Gasteiger partial charge in [0.1, 0.15) is 5.75 Å². The highest BCUT2D eigenvalue weighted by molar-refractivity contribution is 6.03. The van der Waals surface area contributed by atoms with Crippen LogP contribution in [0, 0.1) is 19.8 Å². The minimum absolute atomic E-state index is 0.261. The van der Waals surface area contributed by atoms with Gasteiger partial charge >= 0.3 is 6.36 Å². The summed E-state index contributed by atoms with van der Waals surface area (Å²) >= 11 is 0. The smallest absolute Gasteiger partial charge is 0.406 e. The van der Waals surface area contributed by atoms with Crippen LogP contribution < -0.4 is 10.5 Å². The molecule has 2 N–H and O–H groups in total. The molecule has 2 aromatic rings. The molecule has 0 saturated carbocycles. The SMILES string of the molecule is CCC(C)C=NC(=NC)c1ccc(OC(F)(F)F)cc1.Cc1ccc(N)c(C)c1. The number of alkyl halides is 3. The lowest BCUT2D eigenvalue weighted by atomic mass is 10.1. The Morgan fingerprint density at radius 1 is 1.14 bits per heavy atom. The van der Waals surface area contributed by atoms with Gasteiger partial charge in [-0.15, -0.1) is 13.2 Å². The summed E-state index contributed by atoms with van der Waals surface area (Å²) in [4.78, 5) is 8.27. The van der Waals surface area contributed by atoms with Crippen LogP contribution in [0.4, 0.5) is 18.9 Å². The average molecular weight is 407 g/mol. The predicted octanol–water partition coefficient (Wildman–Crippen LogP) is 5.96. The van der Waals surface area contributed by atoms with E-state index in [9.17, 15) is 13.2 Å². The van der Waals surface area contributed by atoms with Crippen molar-refractivity contribution in [3.05, 3.63) is 59.2 Å². The Kier molecular flexibility index (Phi) is 9.38. The first-order valence-electron chi connectivity index (χ1n) is 9.25. The van der Waals surface area contributed by atoms with E-state index >= 15 is 0 Å². The van der Waals surface area contributed by atoms with Crippen LogP contribution in [0.5, 0.6) is 5.75 Å². The fourth-order valence-corrected chi connectivity index (χ4v) is 2.20. The Bertz CT molecular complexity index is 828. The molecule has 158 valence electrons. The maximum Gasteiger partial charge on any atom is 0.573 e. The van der Waals surface area contributed by atoms with E-state index < -0.39 is 6.36 Å². The number of anilines is 1. The highest BCUT2D eigenvalue weighted by atomic mass is 19.4. The fourth-order valence-electron chi connectivity index (χ4n) is 2.20. The number of hydrogen-bond acceptors (Lipinski definition) is 3. The number of aryl methyl sites for hydroxylation is 2. The largest absolute Gasteiger partial charge is 0.573 e. The molecule has 29 heavy (non-hydrogen) atoms. The van der Waals surface area contributed by atoms with Crippen molar-refractivity contribution < 1.29 is 17.9 Å². The third-order valence-electron chi connectivity index (χ3n) is 4.08. The molecule has 0 spiro atoms. The summed E-state index contributed by atoms with van der Waals surface area (Å²) in [6.07, 6.45) is -1.95. The average Bonchev–Trinajstić information content (AvgIpc) is 2.65. The van der Waals surface area contributed by atoms with Gasteiger partial charge in [-0.3, -0.25) is 4.99 Å². The standard InChI is InChI=1S/C14H17F3N2O.C8H11N/c1-4-10(2)9-19-13(18-3)11-5-7-12(8-6-11)20-14(15,16)17;1-6-3-4-8(9)7(2)5-6/h5-10H,4H2,1-3H3;3-5H,9H2,1-2H3. The van der Waals surface area contributed by atoms with E-state index in [4.69, 9.17) is 5.73 Å². The van der Waals surface area contributed by atoms with Crippen LogP contribution in [0.15, 0.2) is 52.4 Å². The lowest BCUT2D eigenvalue weighted by molar-refractivity contribution is -0.274. The van der Waals surface area contributed by atoms with Gasteiger partial charge in [0.15, 0.2) is 5.84 Å². The van der Waals surface area contributed by atoms with Crippen molar-refractivity contribution in [2.75, 3.05) is 12.8 Å². The molecule has 0 aliphatic heterocycles. The van der Waals surface area contributed by atoms with Gasteiger partial charge in [-0.1, -0.05) is 31.5 Å². The topological polar surface area (TPSA) is 60.0 Å². The number of benzene rings is 2. The molecule has 0 aliphatic rings. The highest BCUT2D eigenvalue weighted by Gasteiger charge is 2.30.